The first-order chi connectivity index (χ1) is 14.0. The lowest BCUT2D eigenvalue weighted by molar-refractivity contribution is -0.155. The van der Waals surface area contributed by atoms with Gasteiger partial charge >= 0.3 is 11.9 Å². The van der Waals surface area contributed by atoms with Crippen molar-refractivity contribution in [2.75, 3.05) is 39.6 Å². The summed E-state index contributed by atoms with van der Waals surface area (Å²) in [5.74, 6) is -0.524. The molecule has 0 amide bonds. The van der Waals surface area contributed by atoms with Crippen LogP contribution in [-0.2, 0) is 23.7 Å². The molecule has 0 aromatic heterocycles. The lowest BCUT2D eigenvalue weighted by Gasteiger charge is -2.20. The van der Waals surface area contributed by atoms with Crippen molar-refractivity contribution in [3.63, 3.8) is 0 Å². The van der Waals surface area contributed by atoms with E-state index in [0.717, 1.165) is 28.7 Å². The SMILES string of the molecule is CCC(C)(C)C(=O)OCCOCCOCCOC(=O)c1c(C)c(C)c(C)c(C)c1C. The van der Waals surface area contributed by atoms with Crippen molar-refractivity contribution >= 4 is 11.9 Å². The van der Waals surface area contributed by atoms with Gasteiger partial charge in [-0.25, -0.2) is 4.79 Å². The van der Waals surface area contributed by atoms with Crippen molar-refractivity contribution in [1.29, 1.82) is 0 Å². The van der Waals surface area contributed by atoms with Gasteiger partial charge in [0.25, 0.3) is 0 Å². The zero-order chi connectivity index (χ0) is 22.9. The maximum Gasteiger partial charge on any atom is 0.338 e. The summed E-state index contributed by atoms with van der Waals surface area (Å²) >= 11 is 0. The summed E-state index contributed by atoms with van der Waals surface area (Å²) in [5.41, 5.74) is 5.60. The molecule has 1 aromatic carbocycles. The lowest BCUT2D eigenvalue weighted by Crippen LogP contribution is -2.27. The third-order valence-corrected chi connectivity index (χ3v) is 5.93. The Balaban J connectivity index is 2.23. The molecule has 0 spiro atoms. The second kappa shape index (κ2) is 12.1. The van der Waals surface area contributed by atoms with E-state index < -0.39 is 5.41 Å². The highest BCUT2D eigenvalue weighted by Gasteiger charge is 2.26. The number of benzene rings is 1. The van der Waals surface area contributed by atoms with Gasteiger partial charge in [-0.15, -0.1) is 0 Å². The summed E-state index contributed by atoms with van der Waals surface area (Å²) in [6, 6.07) is 0. The van der Waals surface area contributed by atoms with Crippen molar-refractivity contribution < 1.29 is 28.5 Å². The van der Waals surface area contributed by atoms with E-state index in [9.17, 15) is 9.59 Å². The van der Waals surface area contributed by atoms with Gasteiger partial charge in [-0.3, -0.25) is 4.79 Å². The van der Waals surface area contributed by atoms with Crippen LogP contribution in [0.2, 0.25) is 0 Å². The smallest absolute Gasteiger partial charge is 0.338 e. The number of rotatable bonds is 12. The molecule has 0 aliphatic heterocycles. The van der Waals surface area contributed by atoms with Crippen LogP contribution >= 0.6 is 0 Å². The lowest BCUT2D eigenvalue weighted by atomic mass is 9.90. The van der Waals surface area contributed by atoms with E-state index in [4.69, 9.17) is 18.9 Å². The Kier molecular flexibility index (Phi) is 10.5. The molecule has 0 bridgehead atoms. The standard InChI is InChI=1S/C24H38O6/c1-9-24(7,8)23(26)30-15-13-28-11-10-27-12-14-29-22(25)21-19(5)17(3)16(2)18(4)20(21)6/h9-15H2,1-8H3. The van der Waals surface area contributed by atoms with Gasteiger partial charge in [0.15, 0.2) is 0 Å². The molecule has 0 aliphatic carbocycles. The van der Waals surface area contributed by atoms with Crippen molar-refractivity contribution in [3.8, 4) is 0 Å². The van der Waals surface area contributed by atoms with Crippen LogP contribution < -0.4 is 0 Å². The van der Waals surface area contributed by atoms with Gasteiger partial charge < -0.3 is 18.9 Å². The number of ether oxygens (including phenoxy) is 4. The van der Waals surface area contributed by atoms with Gasteiger partial charge in [0, 0.05) is 0 Å². The summed E-state index contributed by atoms with van der Waals surface area (Å²) in [7, 11) is 0. The Labute approximate surface area is 181 Å². The Bertz CT molecular complexity index is 707. The molecule has 170 valence electrons. The second-order valence-corrected chi connectivity index (χ2v) is 8.23. The molecule has 30 heavy (non-hydrogen) atoms. The van der Waals surface area contributed by atoms with E-state index in [-0.39, 0.29) is 25.2 Å². The van der Waals surface area contributed by atoms with E-state index in [1.807, 2.05) is 48.5 Å². The van der Waals surface area contributed by atoms with E-state index in [2.05, 4.69) is 6.92 Å². The first-order valence-corrected chi connectivity index (χ1v) is 10.6. The topological polar surface area (TPSA) is 71.1 Å². The Morgan fingerprint density at radius 3 is 1.53 bits per heavy atom. The fraction of sp³-hybridized carbons (Fsp3) is 0.667. The molecule has 0 radical (unpaired) electrons. The molecular formula is C24H38O6. The summed E-state index contributed by atoms with van der Waals surface area (Å²) < 4.78 is 21.4. The average molecular weight is 423 g/mol. The molecule has 1 rings (SSSR count). The molecular weight excluding hydrogens is 384 g/mol. The van der Waals surface area contributed by atoms with E-state index in [0.29, 0.717) is 32.0 Å². The highest BCUT2D eigenvalue weighted by atomic mass is 16.6. The first-order valence-electron chi connectivity index (χ1n) is 10.6. The molecule has 0 aliphatic rings. The summed E-state index contributed by atoms with van der Waals surface area (Å²) in [4.78, 5) is 24.3. The normalized spacial score (nSPS) is 11.5. The minimum absolute atomic E-state index is 0.188. The quantitative estimate of drug-likeness (QED) is 0.367. The van der Waals surface area contributed by atoms with Crippen LogP contribution in [0.5, 0.6) is 0 Å². The Hall–Kier alpha value is -1.92. The van der Waals surface area contributed by atoms with Gasteiger partial charge in [-0.2, -0.15) is 0 Å². The number of hydrogen-bond acceptors (Lipinski definition) is 6. The number of esters is 2. The second-order valence-electron chi connectivity index (χ2n) is 8.23. The predicted octanol–water partition coefficient (Wildman–Crippen LogP) is 4.40. The van der Waals surface area contributed by atoms with Gasteiger partial charge in [0.2, 0.25) is 0 Å². The van der Waals surface area contributed by atoms with Crippen LogP contribution in [0.1, 0.15) is 65.4 Å². The van der Waals surface area contributed by atoms with E-state index >= 15 is 0 Å². The fourth-order valence-electron chi connectivity index (χ4n) is 2.93. The van der Waals surface area contributed by atoms with Gasteiger partial charge in [0.05, 0.1) is 37.4 Å². The maximum absolute atomic E-state index is 12.5. The van der Waals surface area contributed by atoms with Crippen LogP contribution in [0.3, 0.4) is 0 Å². The van der Waals surface area contributed by atoms with Crippen molar-refractivity contribution in [1.82, 2.24) is 0 Å². The average Bonchev–Trinajstić information content (AvgIpc) is 2.71. The van der Waals surface area contributed by atoms with Crippen molar-refractivity contribution in [2.24, 2.45) is 5.41 Å². The molecule has 0 fully saturated rings. The molecule has 6 nitrogen and oxygen atoms in total. The molecule has 0 N–H and O–H groups in total. The van der Waals surface area contributed by atoms with Crippen molar-refractivity contribution in [2.45, 2.75) is 61.8 Å². The van der Waals surface area contributed by atoms with Crippen LogP contribution in [0.15, 0.2) is 0 Å². The maximum atomic E-state index is 12.5. The van der Waals surface area contributed by atoms with Crippen LogP contribution in [0.25, 0.3) is 0 Å². The Morgan fingerprint density at radius 2 is 1.07 bits per heavy atom. The molecule has 6 heteroatoms. The molecule has 0 saturated heterocycles. The number of hydrogen-bond donors (Lipinski definition) is 0. The predicted molar refractivity (Wildman–Crippen MR) is 117 cm³/mol. The zero-order valence-corrected chi connectivity index (χ0v) is 19.9. The van der Waals surface area contributed by atoms with Crippen LogP contribution in [0, 0.1) is 40.0 Å². The summed E-state index contributed by atoms with van der Waals surface area (Å²) in [6.07, 6.45) is 0.730. The molecule has 1 aromatic rings. The van der Waals surface area contributed by atoms with E-state index in [1.54, 1.807) is 0 Å². The molecule has 0 atom stereocenters. The van der Waals surface area contributed by atoms with Crippen molar-refractivity contribution in [3.05, 3.63) is 33.4 Å². The van der Waals surface area contributed by atoms with Gasteiger partial charge in [-0.1, -0.05) is 6.92 Å². The van der Waals surface area contributed by atoms with E-state index in [1.165, 1.54) is 5.56 Å². The van der Waals surface area contributed by atoms with Crippen LogP contribution in [-0.4, -0.2) is 51.6 Å². The summed E-state index contributed by atoms with van der Waals surface area (Å²) in [5, 5.41) is 0. The third-order valence-electron chi connectivity index (χ3n) is 5.93. The largest absolute Gasteiger partial charge is 0.463 e. The highest BCUT2D eigenvalue weighted by Crippen LogP contribution is 2.26. The zero-order valence-electron chi connectivity index (χ0n) is 19.9. The minimum atomic E-state index is -0.465. The number of carbonyl (C=O) groups is 2. The van der Waals surface area contributed by atoms with Gasteiger partial charge in [0.1, 0.15) is 13.2 Å². The molecule has 0 saturated carbocycles. The highest BCUT2D eigenvalue weighted by molar-refractivity contribution is 5.93. The van der Waals surface area contributed by atoms with Gasteiger partial charge in [-0.05, 0) is 82.7 Å². The van der Waals surface area contributed by atoms with Crippen LogP contribution in [0.4, 0.5) is 0 Å². The fourth-order valence-corrected chi connectivity index (χ4v) is 2.93. The molecule has 0 unspecified atom stereocenters. The first kappa shape index (κ1) is 26.1. The minimum Gasteiger partial charge on any atom is -0.463 e. The monoisotopic (exact) mass is 422 g/mol. The summed E-state index contributed by atoms with van der Waals surface area (Å²) in [6.45, 7) is 17.5. The Morgan fingerprint density at radius 1 is 0.667 bits per heavy atom. The third kappa shape index (κ3) is 7.10. The number of carbonyl (C=O) groups excluding carboxylic acids is 2. The molecule has 0 heterocycles.